The van der Waals surface area contributed by atoms with Gasteiger partial charge in [0.15, 0.2) is 0 Å². The molecule has 2 N–H and O–H groups in total. The molecule has 2 nitrogen and oxygen atoms in total. The second kappa shape index (κ2) is 6.28. The topological polar surface area (TPSA) is 35.2 Å². The fraction of sp³-hybridized carbons (Fsp3) is 0.667. The van der Waals surface area contributed by atoms with Crippen LogP contribution < -0.4 is 5.73 Å². The highest BCUT2D eigenvalue weighted by atomic mass is 16.5. The van der Waals surface area contributed by atoms with E-state index in [-0.39, 0.29) is 5.54 Å². The van der Waals surface area contributed by atoms with E-state index in [0.29, 0.717) is 5.92 Å². The maximum atomic E-state index is 6.93. The van der Waals surface area contributed by atoms with E-state index in [9.17, 15) is 0 Å². The second-order valence-electron chi connectivity index (χ2n) is 6.70. The first-order valence-electron chi connectivity index (χ1n) is 8.19. The molecule has 1 aliphatic carbocycles. The fourth-order valence-corrected chi connectivity index (χ4v) is 4.18. The summed E-state index contributed by atoms with van der Waals surface area (Å²) in [5, 5.41) is 0. The average Bonchev–Trinajstić information content (AvgIpc) is 2.49. The molecule has 2 heteroatoms. The Kier molecular flexibility index (Phi) is 4.42. The minimum absolute atomic E-state index is 0.00160. The van der Waals surface area contributed by atoms with E-state index in [1.807, 2.05) is 0 Å². The van der Waals surface area contributed by atoms with Gasteiger partial charge in [-0.2, -0.15) is 0 Å². The van der Waals surface area contributed by atoms with Gasteiger partial charge in [0.2, 0.25) is 0 Å². The van der Waals surface area contributed by atoms with Crippen molar-refractivity contribution in [2.45, 2.75) is 56.4 Å². The Morgan fingerprint density at radius 1 is 1.05 bits per heavy atom. The van der Waals surface area contributed by atoms with Crippen molar-refractivity contribution in [2.75, 3.05) is 13.2 Å². The van der Waals surface area contributed by atoms with Crippen LogP contribution in [0.2, 0.25) is 0 Å². The van der Waals surface area contributed by atoms with Crippen LogP contribution in [-0.2, 0) is 4.74 Å². The highest BCUT2D eigenvalue weighted by Crippen LogP contribution is 2.43. The van der Waals surface area contributed by atoms with Gasteiger partial charge in [0, 0.05) is 24.7 Å². The third kappa shape index (κ3) is 3.07. The standard InChI is InChI=1S/C18H27NO/c19-18(14-15-9-12-20-13-10-15)11-5-4-8-17(18)16-6-2-1-3-7-16/h1-3,6-7,15,17H,4-5,8-14,19H2. The first-order chi connectivity index (χ1) is 9.78. The Bertz CT molecular complexity index is 413. The molecule has 0 aromatic heterocycles. The number of ether oxygens (including phenoxy) is 1. The van der Waals surface area contributed by atoms with Gasteiger partial charge in [-0.05, 0) is 43.6 Å². The highest BCUT2D eigenvalue weighted by Gasteiger charge is 2.39. The predicted octanol–water partition coefficient (Wildman–Crippen LogP) is 3.86. The van der Waals surface area contributed by atoms with E-state index in [4.69, 9.17) is 10.5 Å². The minimum Gasteiger partial charge on any atom is -0.381 e. The zero-order chi connectivity index (χ0) is 13.8. The van der Waals surface area contributed by atoms with Gasteiger partial charge in [-0.3, -0.25) is 0 Å². The summed E-state index contributed by atoms with van der Waals surface area (Å²) in [5.41, 5.74) is 8.37. The maximum absolute atomic E-state index is 6.93. The average molecular weight is 273 g/mol. The highest BCUT2D eigenvalue weighted by molar-refractivity contribution is 5.25. The quantitative estimate of drug-likeness (QED) is 0.907. The first kappa shape index (κ1) is 14.1. The number of nitrogens with two attached hydrogens (primary N) is 1. The Morgan fingerprint density at radius 3 is 2.55 bits per heavy atom. The molecule has 3 rings (SSSR count). The van der Waals surface area contributed by atoms with Crippen molar-refractivity contribution < 1.29 is 4.74 Å². The number of hydrogen-bond donors (Lipinski definition) is 1. The van der Waals surface area contributed by atoms with Crippen LogP contribution in [0.3, 0.4) is 0 Å². The van der Waals surface area contributed by atoms with Crippen LogP contribution in [0.15, 0.2) is 30.3 Å². The normalized spacial score (nSPS) is 32.1. The lowest BCUT2D eigenvalue weighted by atomic mass is 9.66. The van der Waals surface area contributed by atoms with Crippen LogP contribution in [0.1, 0.15) is 56.4 Å². The molecule has 0 radical (unpaired) electrons. The summed E-state index contributed by atoms with van der Waals surface area (Å²) in [4.78, 5) is 0. The van der Waals surface area contributed by atoms with Crippen LogP contribution in [0.5, 0.6) is 0 Å². The summed E-state index contributed by atoms with van der Waals surface area (Å²) in [6, 6.07) is 10.9. The van der Waals surface area contributed by atoms with E-state index < -0.39 is 0 Å². The van der Waals surface area contributed by atoms with Crippen molar-refractivity contribution in [3.63, 3.8) is 0 Å². The van der Waals surface area contributed by atoms with Crippen LogP contribution >= 0.6 is 0 Å². The van der Waals surface area contributed by atoms with Gasteiger partial charge in [-0.15, -0.1) is 0 Å². The fourth-order valence-electron chi connectivity index (χ4n) is 4.18. The summed E-state index contributed by atoms with van der Waals surface area (Å²) in [6.45, 7) is 1.85. The summed E-state index contributed by atoms with van der Waals surface area (Å²) in [7, 11) is 0. The molecule has 1 aromatic carbocycles. The van der Waals surface area contributed by atoms with Crippen molar-refractivity contribution >= 4 is 0 Å². The van der Waals surface area contributed by atoms with Gasteiger partial charge in [-0.1, -0.05) is 43.2 Å². The summed E-state index contributed by atoms with van der Waals surface area (Å²) in [6.07, 6.45) is 8.62. The van der Waals surface area contributed by atoms with E-state index in [0.717, 1.165) is 19.1 Å². The molecule has 1 aliphatic heterocycles. The van der Waals surface area contributed by atoms with E-state index >= 15 is 0 Å². The van der Waals surface area contributed by atoms with Crippen molar-refractivity contribution in [2.24, 2.45) is 11.7 Å². The summed E-state index contributed by atoms with van der Waals surface area (Å²) < 4.78 is 5.49. The zero-order valence-electron chi connectivity index (χ0n) is 12.4. The lowest BCUT2D eigenvalue weighted by Crippen LogP contribution is -2.49. The van der Waals surface area contributed by atoms with Gasteiger partial charge in [0.25, 0.3) is 0 Å². The summed E-state index contributed by atoms with van der Waals surface area (Å²) in [5.74, 6) is 1.30. The molecule has 0 bridgehead atoms. The third-order valence-electron chi connectivity index (χ3n) is 5.29. The molecular formula is C18H27NO. The summed E-state index contributed by atoms with van der Waals surface area (Å²) >= 11 is 0. The lowest BCUT2D eigenvalue weighted by Gasteiger charge is -2.44. The Balaban J connectivity index is 1.76. The molecule has 0 spiro atoms. The Labute approximate surface area is 122 Å². The monoisotopic (exact) mass is 273 g/mol. The van der Waals surface area contributed by atoms with Crippen molar-refractivity contribution in [1.29, 1.82) is 0 Å². The van der Waals surface area contributed by atoms with E-state index in [1.54, 1.807) is 0 Å². The van der Waals surface area contributed by atoms with Crippen LogP contribution in [0.25, 0.3) is 0 Å². The predicted molar refractivity (Wildman–Crippen MR) is 82.7 cm³/mol. The molecule has 1 saturated carbocycles. The zero-order valence-corrected chi connectivity index (χ0v) is 12.4. The molecular weight excluding hydrogens is 246 g/mol. The number of rotatable bonds is 3. The SMILES string of the molecule is NC1(CC2CCOCC2)CCCCC1c1ccccc1. The Hall–Kier alpha value is -0.860. The largest absolute Gasteiger partial charge is 0.381 e. The lowest BCUT2D eigenvalue weighted by molar-refractivity contribution is 0.0501. The molecule has 2 aliphatic rings. The molecule has 0 amide bonds. The van der Waals surface area contributed by atoms with E-state index in [2.05, 4.69) is 30.3 Å². The minimum atomic E-state index is 0.00160. The van der Waals surface area contributed by atoms with Crippen LogP contribution in [0, 0.1) is 5.92 Å². The molecule has 1 heterocycles. The van der Waals surface area contributed by atoms with Crippen molar-refractivity contribution in [1.82, 2.24) is 0 Å². The van der Waals surface area contributed by atoms with Gasteiger partial charge >= 0.3 is 0 Å². The van der Waals surface area contributed by atoms with Crippen molar-refractivity contribution in [3.8, 4) is 0 Å². The number of benzene rings is 1. The van der Waals surface area contributed by atoms with E-state index in [1.165, 1.54) is 50.5 Å². The molecule has 2 atom stereocenters. The van der Waals surface area contributed by atoms with Crippen LogP contribution in [-0.4, -0.2) is 18.8 Å². The Morgan fingerprint density at radius 2 is 1.80 bits per heavy atom. The molecule has 20 heavy (non-hydrogen) atoms. The molecule has 2 unspecified atom stereocenters. The van der Waals surface area contributed by atoms with Gasteiger partial charge in [0.05, 0.1) is 0 Å². The van der Waals surface area contributed by atoms with Gasteiger partial charge in [-0.25, -0.2) is 0 Å². The van der Waals surface area contributed by atoms with Crippen LogP contribution in [0.4, 0.5) is 0 Å². The van der Waals surface area contributed by atoms with Gasteiger partial charge < -0.3 is 10.5 Å². The molecule has 1 saturated heterocycles. The molecule has 1 aromatic rings. The number of hydrogen-bond acceptors (Lipinski definition) is 2. The van der Waals surface area contributed by atoms with Crippen molar-refractivity contribution in [3.05, 3.63) is 35.9 Å². The first-order valence-corrected chi connectivity index (χ1v) is 8.19. The van der Waals surface area contributed by atoms with Gasteiger partial charge in [0.1, 0.15) is 0 Å². The molecule has 2 fully saturated rings. The smallest absolute Gasteiger partial charge is 0.0468 e. The third-order valence-corrected chi connectivity index (χ3v) is 5.29. The molecule has 110 valence electrons. The second-order valence-corrected chi connectivity index (χ2v) is 6.70. The maximum Gasteiger partial charge on any atom is 0.0468 e.